The molecule has 0 bridgehead atoms. The Bertz CT molecular complexity index is 618. The molecule has 0 amide bonds. The predicted octanol–water partition coefficient (Wildman–Crippen LogP) is 5.33. The SMILES string of the molecule is C[C@H]1CCC2(C)C(=CC[C@@H]3[C@@H]2CC[C@]2(C)[C@@H]([C@H](C)C#N)[C@@H](O)C[C@@H]32)C1. The molecule has 1 unspecified atom stereocenters. The van der Waals surface area contributed by atoms with Crippen molar-refractivity contribution in [3.8, 4) is 6.07 Å². The zero-order valence-electron chi connectivity index (χ0n) is 16.5. The van der Waals surface area contributed by atoms with Gasteiger partial charge >= 0.3 is 0 Å². The molecule has 0 saturated heterocycles. The second-order valence-corrected chi connectivity index (χ2v) is 10.4. The topological polar surface area (TPSA) is 44.0 Å². The van der Waals surface area contributed by atoms with E-state index in [1.807, 2.05) is 6.92 Å². The van der Waals surface area contributed by atoms with Gasteiger partial charge in [0.25, 0.3) is 0 Å². The van der Waals surface area contributed by atoms with Crippen LogP contribution >= 0.6 is 0 Å². The Balaban J connectivity index is 1.67. The number of hydrogen-bond donors (Lipinski definition) is 1. The van der Waals surface area contributed by atoms with Crippen molar-refractivity contribution in [3.63, 3.8) is 0 Å². The first-order chi connectivity index (χ1) is 11.8. The van der Waals surface area contributed by atoms with Gasteiger partial charge in [0.15, 0.2) is 0 Å². The average molecular weight is 342 g/mol. The van der Waals surface area contributed by atoms with Crippen LogP contribution in [0.15, 0.2) is 11.6 Å². The highest BCUT2D eigenvalue weighted by Gasteiger charge is 2.61. The lowest BCUT2D eigenvalue weighted by Crippen LogP contribution is -2.50. The Labute approximate surface area is 153 Å². The largest absolute Gasteiger partial charge is 0.393 e. The Morgan fingerprint density at radius 3 is 2.72 bits per heavy atom. The van der Waals surface area contributed by atoms with Crippen LogP contribution in [0.2, 0.25) is 0 Å². The van der Waals surface area contributed by atoms with Crippen LogP contribution in [0.1, 0.15) is 72.6 Å². The van der Waals surface area contributed by atoms with Crippen LogP contribution in [-0.4, -0.2) is 11.2 Å². The van der Waals surface area contributed by atoms with Crippen LogP contribution in [0.3, 0.4) is 0 Å². The van der Waals surface area contributed by atoms with E-state index in [4.69, 9.17) is 0 Å². The summed E-state index contributed by atoms with van der Waals surface area (Å²) in [5.41, 5.74) is 2.30. The van der Waals surface area contributed by atoms with Gasteiger partial charge in [-0.1, -0.05) is 32.4 Å². The Morgan fingerprint density at radius 1 is 1.24 bits per heavy atom. The molecule has 0 aromatic rings. The molecular formula is C23H35NO. The summed E-state index contributed by atoms with van der Waals surface area (Å²) in [6, 6.07) is 2.45. The van der Waals surface area contributed by atoms with Crippen LogP contribution in [0.4, 0.5) is 0 Å². The predicted molar refractivity (Wildman–Crippen MR) is 101 cm³/mol. The van der Waals surface area contributed by atoms with E-state index in [2.05, 4.69) is 32.9 Å². The molecule has 0 heterocycles. The molecule has 0 aromatic heterocycles. The lowest BCUT2D eigenvalue weighted by Gasteiger charge is -2.58. The summed E-state index contributed by atoms with van der Waals surface area (Å²) in [5.74, 6) is 3.07. The highest BCUT2D eigenvalue weighted by molar-refractivity contribution is 5.25. The zero-order chi connectivity index (χ0) is 18.0. The first-order valence-electron chi connectivity index (χ1n) is 10.6. The number of allylic oxidation sites excluding steroid dienone is 2. The van der Waals surface area contributed by atoms with Crippen molar-refractivity contribution in [1.82, 2.24) is 0 Å². The molecule has 138 valence electrons. The molecule has 4 aliphatic carbocycles. The normalized spacial score (nSPS) is 53.0. The fourth-order valence-corrected chi connectivity index (χ4v) is 7.88. The summed E-state index contributed by atoms with van der Waals surface area (Å²) in [5, 5.41) is 20.3. The molecular weight excluding hydrogens is 306 g/mol. The summed E-state index contributed by atoms with van der Waals surface area (Å²) in [6.45, 7) is 9.38. The number of hydrogen-bond acceptors (Lipinski definition) is 2. The van der Waals surface area contributed by atoms with Gasteiger partial charge in [-0.3, -0.25) is 0 Å². The highest BCUT2D eigenvalue weighted by atomic mass is 16.3. The van der Waals surface area contributed by atoms with Crippen molar-refractivity contribution >= 4 is 0 Å². The fourth-order valence-electron chi connectivity index (χ4n) is 7.88. The molecule has 2 heteroatoms. The maximum Gasteiger partial charge on any atom is 0.0657 e. The first-order valence-corrected chi connectivity index (χ1v) is 10.6. The molecule has 4 rings (SSSR count). The molecule has 3 fully saturated rings. The molecule has 0 aliphatic heterocycles. The van der Waals surface area contributed by atoms with Gasteiger partial charge in [0.2, 0.25) is 0 Å². The van der Waals surface area contributed by atoms with Gasteiger partial charge < -0.3 is 5.11 Å². The van der Waals surface area contributed by atoms with Crippen LogP contribution in [-0.2, 0) is 0 Å². The number of rotatable bonds is 1. The van der Waals surface area contributed by atoms with E-state index in [-0.39, 0.29) is 23.4 Å². The number of nitriles is 1. The molecule has 9 atom stereocenters. The molecule has 1 N–H and O–H groups in total. The Kier molecular flexibility index (Phi) is 4.12. The van der Waals surface area contributed by atoms with Crippen molar-refractivity contribution in [3.05, 3.63) is 11.6 Å². The van der Waals surface area contributed by atoms with Crippen molar-refractivity contribution in [2.75, 3.05) is 0 Å². The zero-order valence-corrected chi connectivity index (χ0v) is 16.5. The lowest BCUT2D eigenvalue weighted by atomic mass is 9.46. The number of aliphatic hydroxyl groups is 1. The Morgan fingerprint density at radius 2 is 2.00 bits per heavy atom. The van der Waals surface area contributed by atoms with Crippen molar-refractivity contribution < 1.29 is 5.11 Å². The lowest BCUT2D eigenvalue weighted by molar-refractivity contribution is -0.0522. The standard InChI is InChI=1S/C23H35NO/c1-14-7-9-22(3)16(11-14)5-6-17-18(22)8-10-23(4)19(17)12-20(25)21(23)15(2)13-24/h5,14-15,17-21,25H,6-12H2,1-4H3/t14-,15+,17+,18-,19-,20-,21-,22?,23-/m0/s1. The summed E-state index contributed by atoms with van der Waals surface area (Å²) < 4.78 is 0. The van der Waals surface area contributed by atoms with Crippen molar-refractivity contribution in [1.29, 1.82) is 5.26 Å². The van der Waals surface area contributed by atoms with E-state index in [1.54, 1.807) is 5.57 Å². The molecule has 0 radical (unpaired) electrons. The van der Waals surface area contributed by atoms with Gasteiger partial charge in [-0.2, -0.15) is 5.26 Å². The first kappa shape index (κ1) is 17.6. The van der Waals surface area contributed by atoms with Gasteiger partial charge in [0.1, 0.15) is 0 Å². The summed E-state index contributed by atoms with van der Waals surface area (Å²) >= 11 is 0. The Hall–Kier alpha value is -0.810. The second kappa shape index (κ2) is 5.85. The smallest absolute Gasteiger partial charge is 0.0657 e. The van der Waals surface area contributed by atoms with E-state index in [0.717, 1.165) is 18.3 Å². The number of nitrogens with zero attached hydrogens (tertiary/aromatic N) is 1. The molecule has 4 aliphatic rings. The molecule has 0 spiro atoms. The quantitative estimate of drug-likeness (QED) is 0.655. The maximum atomic E-state index is 10.8. The molecule has 2 nitrogen and oxygen atoms in total. The van der Waals surface area contributed by atoms with Crippen LogP contribution in [0.25, 0.3) is 0 Å². The molecule has 25 heavy (non-hydrogen) atoms. The van der Waals surface area contributed by atoms with E-state index >= 15 is 0 Å². The average Bonchev–Trinajstić information content (AvgIpc) is 2.85. The third kappa shape index (κ3) is 2.38. The minimum Gasteiger partial charge on any atom is -0.393 e. The van der Waals surface area contributed by atoms with E-state index < -0.39 is 0 Å². The van der Waals surface area contributed by atoms with E-state index in [9.17, 15) is 10.4 Å². The van der Waals surface area contributed by atoms with Gasteiger partial charge in [-0.25, -0.2) is 0 Å². The van der Waals surface area contributed by atoms with Gasteiger partial charge in [0, 0.05) is 11.8 Å². The van der Waals surface area contributed by atoms with Gasteiger partial charge in [0.05, 0.1) is 12.2 Å². The van der Waals surface area contributed by atoms with Crippen molar-refractivity contribution in [2.24, 2.45) is 46.3 Å². The van der Waals surface area contributed by atoms with Gasteiger partial charge in [-0.15, -0.1) is 0 Å². The van der Waals surface area contributed by atoms with Crippen LogP contribution in [0, 0.1) is 57.7 Å². The maximum absolute atomic E-state index is 10.8. The third-order valence-corrected chi connectivity index (χ3v) is 9.20. The van der Waals surface area contributed by atoms with Crippen LogP contribution < -0.4 is 0 Å². The number of aliphatic hydroxyl groups excluding tert-OH is 1. The second-order valence-electron chi connectivity index (χ2n) is 10.4. The van der Waals surface area contributed by atoms with Gasteiger partial charge in [-0.05, 0) is 86.4 Å². The third-order valence-electron chi connectivity index (χ3n) is 9.20. The molecule has 0 aromatic carbocycles. The summed E-state index contributed by atoms with van der Waals surface area (Å²) in [4.78, 5) is 0. The van der Waals surface area contributed by atoms with Crippen molar-refractivity contribution in [2.45, 2.75) is 78.7 Å². The monoisotopic (exact) mass is 341 g/mol. The highest BCUT2D eigenvalue weighted by Crippen LogP contribution is 2.67. The minimum atomic E-state index is -0.284. The summed E-state index contributed by atoms with van der Waals surface area (Å²) in [7, 11) is 0. The number of fused-ring (bicyclic) bond motifs is 5. The molecule has 3 saturated carbocycles. The minimum absolute atomic E-state index is 0.0395. The summed E-state index contributed by atoms with van der Waals surface area (Å²) in [6.07, 6.45) is 11.0. The fraction of sp³-hybridized carbons (Fsp3) is 0.870. The van der Waals surface area contributed by atoms with E-state index in [0.29, 0.717) is 17.3 Å². The van der Waals surface area contributed by atoms with Crippen LogP contribution in [0.5, 0.6) is 0 Å². The van der Waals surface area contributed by atoms with E-state index in [1.165, 1.54) is 38.5 Å².